The molecular formula is C18H36N4O2. The molecule has 0 bridgehead atoms. The van der Waals surface area contributed by atoms with E-state index in [-0.39, 0.29) is 18.6 Å². The number of amides is 1. The van der Waals surface area contributed by atoms with Gasteiger partial charge in [0.2, 0.25) is 5.91 Å². The summed E-state index contributed by atoms with van der Waals surface area (Å²) in [5, 5.41) is 6.76. The summed E-state index contributed by atoms with van der Waals surface area (Å²) in [4.78, 5) is 17.8. The summed E-state index contributed by atoms with van der Waals surface area (Å²) in [5.41, 5.74) is 0. The molecule has 0 aromatic carbocycles. The Morgan fingerprint density at radius 3 is 2.75 bits per heavy atom. The summed E-state index contributed by atoms with van der Waals surface area (Å²) in [5.74, 6) is 0.715. The van der Waals surface area contributed by atoms with Gasteiger partial charge >= 0.3 is 0 Å². The minimum Gasteiger partial charge on any atom is -0.376 e. The number of hydrogen-bond donors (Lipinski definition) is 2. The van der Waals surface area contributed by atoms with Crippen LogP contribution in [0.3, 0.4) is 0 Å². The topological polar surface area (TPSA) is 66.0 Å². The summed E-state index contributed by atoms with van der Waals surface area (Å²) in [6.45, 7) is 6.15. The number of likely N-dealkylation sites (N-methyl/N-ethyl adjacent to an activating group) is 1. The molecule has 6 nitrogen and oxygen atoms in total. The van der Waals surface area contributed by atoms with Crippen molar-refractivity contribution in [2.75, 3.05) is 33.8 Å². The second-order valence-corrected chi connectivity index (χ2v) is 6.86. The monoisotopic (exact) mass is 340 g/mol. The van der Waals surface area contributed by atoms with Crippen LogP contribution >= 0.6 is 0 Å². The zero-order valence-corrected chi connectivity index (χ0v) is 15.9. The van der Waals surface area contributed by atoms with Crippen molar-refractivity contribution in [2.45, 2.75) is 70.9 Å². The summed E-state index contributed by atoms with van der Waals surface area (Å²) in [7, 11) is 3.50. The number of guanidine groups is 1. The van der Waals surface area contributed by atoms with Crippen LogP contribution in [-0.2, 0) is 9.53 Å². The number of carbonyl (C=O) groups excluding carboxylic acids is 1. The molecule has 1 aliphatic rings. The number of aliphatic imine (C=N–C) groups is 1. The van der Waals surface area contributed by atoms with E-state index in [1.807, 2.05) is 0 Å². The fourth-order valence-corrected chi connectivity index (χ4v) is 2.64. The van der Waals surface area contributed by atoms with Crippen molar-refractivity contribution < 1.29 is 9.53 Å². The molecule has 24 heavy (non-hydrogen) atoms. The van der Waals surface area contributed by atoms with Crippen LogP contribution in [0.5, 0.6) is 0 Å². The van der Waals surface area contributed by atoms with E-state index in [9.17, 15) is 4.79 Å². The van der Waals surface area contributed by atoms with Crippen molar-refractivity contribution in [3.63, 3.8) is 0 Å². The second-order valence-electron chi connectivity index (χ2n) is 6.86. The van der Waals surface area contributed by atoms with Crippen LogP contribution in [-0.4, -0.2) is 62.7 Å². The largest absolute Gasteiger partial charge is 0.376 e. The number of carbonyl (C=O) groups is 1. The highest BCUT2D eigenvalue weighted by Gasteiger charge is 2.16. The number of nitrogens with one attached hydrogen (secondary N) is 2. The maximum atomic E-state index is 11.8. The Balaban J connectivity index is 2.45. The molecule has 1 rings (SSSR count). The molecule has 2 N–H and O–H groups in total. The molecule has 2 atom stereocenters. The van der Waals surface area contributed by atoms with Crippen LogP contribution in [0.4, 0.5) is 0 Å². The maximum absolute atomic E-state index is 11.8. The van der Waals surface area contributed by atoms with Crippen molar-refractivity contribution in [1.82, 2.24) is 15.5 Å². The van der Waals surface area contributed by atoms with Crippen molar-refractivity contribution in [2.24, 2.45) is 4.99 Å². The third-order valence-electron chi connectivity index (χ3n) is 4.27. The van der Waals surface area contributed by atoms with Crippen LogP contribution < -0.4 is 10.6 Å². The van der Waals surface area contributed by atoms with Crippen LogP contribution in [0.1, 0.15) is 58.8 Å². The van der Waals surface area contributed by atoms with Crippen LogP contribution in [0.25, 0.3) is 0 Å². The smallest absolute Gasteiger partial charge is 0.243 e. The van der Waals surface area contributed by atoms with Gasteiger partial charge in [-0.15, -0.1) is 0 Å². The Morgan fingerprint density at radius 1 is 1.33 bits per heavy atom. The lowest BCUT2D eigenvalue weighted by Gasteiger charge is -2.20. The Bertz CT molecular complexity index is 379. The molecule has 0 spiro atoms. The van der Waals surface area contributed by atoms with E-state index in [4.69, 9.17) is 4.74 Å². The molecule has 1 aliphatic heterocycles. The lowest BCUT2D eigenvalue weighted by Crippen LogP contribution is -2.45. The molecule has 0 saturated carbocycles. The minimum absolute atomic E-state index is 0.00353. The van der Waals surface area contributed by atoms with Gasteiger partial charge in [-0.05, 0) is 26.2 Å². The van der Waals surface area contributed by atoms with Gasteiger partial charge in [0.05, 0.1) is 6.10 Å². The molecule has 2 unspecified atom stereocenters. The quantitative estimate of drug-likeness (QED) is 0.363. The highest BCUT2D eigenvalue weighted by molar-refractivity contribution is 5.84. The van der Waals surface area contributed by atoms with Gasteiger partial charge in [-0.1, -0.05) is 32.6 Å². The summed E-state index contributed by atoms with van der Waals surface area (Å²) in [6.07, 6.45) is 8.62. The lowest BCUT2D eigenvalue weighted by atomic mass is 10.1. The van der Waals surface area contributed by atoms with E-state index in [2.05, 4.69) is 29.5 Å². The minimum atomic E-state index is 0.00353. The second kappa shape index (κ2) is 12.1. The first-order chi connectivity index (χ1) is 11.5. The van der Waals surface area contributed by atoms with E-state index in [0.717, 1.165) is 32.4 Å². The van der Waals surface area contributed by atoms with Crippen molar-refractivity contribution in [3.8, 4) is 0 Å². The van der Waals surface area contributed by atoms with Gasteiger partial charge in [-0.3, -0.25) is 4.79 Å². The SMILES string of the molecule is CCCCCCC(C)NC(=NCC(=O)N(C)C)NCC1CCCO1. The third kappa shape index (κ3) is 9.11. The van der Waals surface area contributed by atoms with E-state index < -0.39 is 0 Å². The van der Waals surface area contributed by atoms with Crippen LogP contribution in [0, 0.1) is 0 Å². The van der Waals surface area contributed by atoms with Crippen molar-refractivity contribution in [3.05, 3.63) is 0 Å². The molecule has 140 valence electrons. The van der Waals surface area contributed by atoms with E-state index >= 15 is 0 Å². The van der Waals surface area contributed by atoms with Gasteiger partial charge < -0.3 is 20.3 Å². The standard InChI is InChI=1S/C18H36N4O2/c1-5-6-7-8-10-15(2)21-18(20-14-17(23)22(3)4)19-13-16-11-9-12-24-16/h15-16H,5-14H2,1-4H3,(H2,19,20,21). The van der Waals surface area contributed by atoms with Crippen LogP contribution in [0.2, 0.25) is 0 Å². The van der Waals surface area contributed by atoms with Gasteiger partial charge in [-0.25, -0.2) is 4.99 Å². The first-order valence-corrected chi connectivity index (χ1v) is 9.39. The molecule has 0 aromatic rings. The van der Waals surface area contributed by atoms with Crippen LogP contribution in [0.15, 0.2) is 4.99 Å². The Kier molecular flexibility index (Phi) is 10.5. The molecule has 1 amide bonds. The highest BCUT2D eigenvalue weighted by atomic mass is 16.5. The van der Waals surface area contributed by atoms with Gasteiger partial charge in [0.25, 0.3) is 0 Å². The van der Waals surface area contributed by atoms with Gasteiger partial charge in [0.15, 0.2) is 5.96 Å². The molecule has 1 saturated heterocycles. The first kappa shape index (κ1) is 20.7. The highest BCUT2D eigenvalue weighted by Crippen LogP contribution is 2.10. The normalized spacial score (nSPS) is 19.2. The number of unbranched alkanes of at least 4 members (excludes halogenated alkanes) is 3. The Hall–Kier alpha value is -1.30. The molecule has 0 aliphatic carbocycles. The van der Waals surface area contributed by atoms with E-state index in [1.54, 1.807) is 19.0 Å². The molecule has 6 heteroatoms. The molecule has 1 fully saturated rings. The maximum Gasteiger partial charge on any atom is 0.243 e. The average molecular weight is 341 g/mol. The molecule has 0 radical (unpaired) electrons. The van der Waals surface area contributed by atoms with E-state index in [0.29, 0.717) is 12.0 Å². The van der Waals surface area contributed by atoms with Crippen molar-refractivity contribution in [1.29, 1.82) is 0 Å². The lowest BCUT2D eigenvalue weighted by molar-refractivity contribution is -0.127. The number of hydrogen-bond acceptors (Lipinski definition) is 3. The summed E-state index contributed by atoms with van der Waals surface area (Å²) < 4.78 is 5.64. The molecular weight excluding hydrogens is 304 g/mol. The number of rotatable bonds is 10. The van der Waals surface area contributed by atoms with Gasteiger partial charge in [0, 0.05) is 33.3 Å². The summed E-state index contributed by atoms with van der Waals surface area (Å²) in [6, 6.07) is 0.340. The predicted octanol–water partition coefficient (Wildman–Crippen LogP) is 2.15. The predicted molar refractivity (Wildman–Crippen MR) is 99.3 cm³/mol. The first-order valence-electron chi connectivity index (χ1n) is 9.39. The number of ether oxygens (including phenoxy) is 1. The fraction of sp³-hybridized carbons (Fsp3) is 0.889. The molecule has 0 aromatic heterocycles. The van der Waals surface area contributed by atoms with Crippen molar-refractivity contribution >= 4 is 11.9 Å². The Labute approximate surface area is 147 Å². The zero-order valence-electron chi connectivity index (χ0n) is 15.9. The van der Waals surface area contributed by atoms with Gasteiger partial charge in [0.1, 0.15) is 6.54 Å². The van der Waals surface area contributed by atoms with Gasteiger partial charge in [-0.2, -0.15) is 0 Å². The fourth-order valence-electron chi connectivity index (χ4n) is 2.64. The zero-order chi connectivity index (χ0) is 17.8. The molecule has 1 heterocycles. The summed E-state index contributed by atoms with van der Waals surface area (Å²) >= 11 is 0. The third-order valence-corrected chi connectivity index (χ3v) is 4.27. The average Bonchev–Trinajstić information content (AvgIpc) is 3.07. The number of nitrogens with zero attached hydrogens (tertiary/aromatic N) is 2. The Morgan fingerprint density at radius 2 is 2.12 bits per heavy atom. The van der Waals surface area contributed by atoms with E-state index in [1.165, 1.54) is 25.7 Å².